The Labute approximate surface area is 183 Å². The van der Waals surface area contributed by atoms with Crippen molar-refractivity contribution in [3.8, 4) is 16.9 Å². The number of rotatable bonds is 5. The van der Waals surface area contributed by atoms with Gasteiger partial charge >= 0.3 is 0 Å². The Kier molecular flexibility index (Phi) is 6.26. The lowest BCUT2D eigenvalue weighted by Crippen LogP contribution is -2.15. The maximum absolute atomic E-state index is 6.71. The summed E-state index contributed by atoms with van der Waals surface area (Å²) in [4.78, 5) is 0. The van der Waals surface area contributed by atoms with Crippen molar-refractivity contribution in [3.05, 3.63) is 112 Å². The summed E-state index contributed by atoms with van der Waals surface area (Å²) in [6.07, 6.45) is 0. The Morgan fingerprint density at radius 1 is 0.571 bits per heavy atom. The molecule has 138 valence electrons. The van der Waals surface area contributed by atoms with Crippen LogP contribution in [0, 0.1) is 0 Å². The Morgan fingerprint density at radius 3 is 1.68 bits per heavy atom. The van der Waals surface area contributed by atoms with Crippen LogP contribution in [0.15, 0.2) is 112 Å². The van der Waals surface area contributed by atoms with E-state index in [2.05, 4.69) is 123 Å². The zero-order valence-electron chi connectivity index (χ0n) is 14.9. The summed E-state index contributed by atoms with van der Waals surface area (Å²) < 4.78 is 8.77. The first-order valence-electron chi connectivity index (χ1n) is 8.84. The van der Waals surface area contributed by atoms with Crippen molar-refractivity contribution >= 4 is 50.6 Å². The quantitative estimate of drug-likeness (QED) is 0.255. The van der Waals surface area contributed by atoms with E-state index in [0.717, 1.165) is 25.8 Å². The molecule has 0 saturated carbocycles. The summed E-state index contributed by atoms with van der Waals surface area (Å²) in [7, 11) is -0.982. The van der Waals surface area contributed by atoms with Crippen LogP contribution in [0.3, 0.4) is 0 Å². The SMILES string of the molecule is Brc1ccc(-c2ccc(Br)cc2OP(c2ccccc2)c2ccccc2)cc1. The van der Waals surface area contributed by atoms with Gasteiger partial charge in [0.25, 0.3) is 0 Å². The van der Waals surface area contributed by atoms with Gasteiger partial charge in [-0.05, 0) is 35.9 Å². The zero-order valence-corrected chi connectivity index (χ0v) is 19.0. The van der Waals surface area contributed by atoms with Crippen LogP contribution in [-0.2, 0) is 0 Å². The summed E-state index contributed by atoms with van der Waals surface area (Å²) in [6, 6.07) is 35.4. The van der Waals surface area contributed by atoms with Crippen molar-refractivity contribution in [1.82, 2.24) is 0 Å². The largest absolute Gasteiger partial charge is 0.464 e. The normalized spacial score (nSPS) is 10.8. The minimum absolute atomic E-state index is 0.871. The number of hydrogen-bond acceptors (Lipinski definition) is 1. The molecular weight excluding hydrogens is 495 g/mol. The molecule has 0 radical (unpaired) electrons. The highest BCUT2D eigenvalue weighted by atomic mass is 79.9. The first kappa shape index (κ1) is 19.4. The molecule has 0 spiro atoms. The second-order valence-electron chi connectivity index (χ2n) is 6.20. The third kappa shape index (κ3) is 4.55. The van der Waals surface area contributed by atoms with Gasteiger partial charge in [0.15, 0.2) is 8.15 Å². The first-order chi connectivity index (χ1) is 13.7. The average molecular weight is 512 g/mol. The molecular formula is C24H17Br2OP. The number of benzene rings is 4. The van der Waals surface area contributed by atoms with E-state index in [1.165, 1.54) is 10.6 Å². The van der Waals surface area contributed by atoms with Gasteiger partial charge in [-0.25, -0.2) is 0 Å². The maximum atomic E-state index is 6.71. The van der Waals surface area contributed by atoms with E-state index in [1.807, 2.05) is 12.1 Å². The van der Waals surface area contributed by atoms with Gasteiger partial charge in [0.1, 0.15) is 5.75 Å². The molecule has 0 bridgehead atoms. The van der Waals surface area contributed by atoms with E-state index >= 15 is 0 Å². The molecule has 4 rings (SSSR count). The van der Waals surface area contributed by atoms with Gasteiger partial charge in [-0.15, -0.1) is 0 Å². The van der Waals surface area contributed by atoms with E-state index in [9.17, 15) is 0 Å². The Bertz CT molecular complexity index is 1010. The van der Waals surface area contributed by atoms with E-state index < -0.39 is 8.15 Å². The molecule has 4 aromatic rings. The fraction of sp³-hybridized carbons (Fsp3) is 0. The van der Waals surface area contributed by atoms with Crippen LogP contribution in [-0.4, -0.2) is 0 Å². The van der Waals surface area contributed by atoms with Crippen LogP contribution in [0.4, 0.5) is 0 Å². The molecule has 0 fully saturated rings. The molecule has 0 atom stereocenters. The van der Waals surface area contributed by atoms with E-state index in [0.29, 0.717) is 0 Å². The third-order valence-electron chi connectivity index (χ3n) is 4.27. The molecule has 4 aromatic carbocycles. The molecule has 0 aliphatic heterocycles. The topological polar surface area (TPSA) is 9.23 Å². The van der Waals surface area contributed by atoms with Crippen molar-refractivity contribution in [2.24, 2.45) is 0 Å². The van der Waals surface area contributed by atoms with Crippen LogP contribution in [0.2, 0.25) is 0 Å². The monoisotopic (exact) mass is 510 g/mol. The third-order valence-corrected chi connectivity index (χ3v) is 7.21. The second kappa shape index (κ2) is 9.05. The van der Waals surface area contributed by atoms with E-state index in [4.69, 9.17) is 4.52 Å². The summed E-state index contributed by atoms with van der Waals surface area (Å²) in [5.74, 6) is 0.871. The summed E-state index contributed by atoms with van der Waals surface area (Å²) >= 11 is 7.12. The standard InChI is InChI=1S/C24H17Br2OP/c25-19-13-11-18(12-14-19)23-16-15-20(26)17-24(23)27-28(21-7-3-1-4-8-21)22-9-5-2-6-10-22/h1-17H. The van der Waals surface area contributed by atoms with Crippen LogP contribution in [0.1, 0.15) is 0 Å². The molecule has 0 aliphatic rings. The number of hydrogen-bond donors (Lipinski definition) is 0. The zero-order chi connectivity index (χ0) is 19.3. The highest BCUT2D eigenvalue weighted by Crippen LogP contribution is 2.42. The van der Waals surface area contributed by atoms with E-state index in [-0.39, 0.29) is 0 Å². The van der Waals surface area contributed by atoms with Crippen molar-refractivity contribution in [2.75, 3.05) is 0 Å². The lowest BCUT2D eigenvalue weighted by atomic mass is 10.1. The molecule has 0 aliphatic carbocycles. The lowest BCUT2D eigenvalue weighted by Gasteiger charge is -2.21. The average Bonchev–Trinajstić information content (AvgIpc) is 2.74. The van der Waals surface area contributed by atoms with Crippen molar-refractivity contribution in [2.45, 2.75) is 0 Å². The summed E-state index contributed by atoms with van der Waals surface area (Å²) in [5.41, 5.74) is 2.21. The Morgan fingerprint density at radius 2 is 1.11 bits per heavy atom. The minimum atomic E-state index is -0.982. The molecule has 0 heterocycles. The van der Waals surface area contributed by atoms with Crippen molar-refractivity contribution < 1.29 is 4.52 Å². The summed E-state index contributed by atoms with van der Waals surface area (Å²) in [6.45, 7) is 0. The van der Waals surface area contributed by atoms with Gasteiger partial charge in [-0.2, -0.15) is 0 Å². The minimum Gasteiger partial charge on any atom is -0.464 e. The molecule has 4 heteroatoms. The van der Waals surface area contributed by atoms with Crippen molar-refractivity contribution in [3.63, 3.8) is 0 Å². The highest BCUT2D eigenvalue weighted by molar-refractivity contribution is 9.10. The molecule has 0 amide bonds. The fourth-order valence-electron chi connectivity index (χ4n) is 2.92. The lowest BCUT2D eigenvalue weighted by molar-refractivity contribution is 0.631. The maximum Gasteiger partial charge on any atom is 0.150 e. The fourth-order valence-corrected chi connectivity index (χ4v) is 5.27. The van der Waals surface area contributed by atoms with Crippen LogP contribution in [0.5, 0.6) is 5.75 Å². The molecule has 0 N–H and O–H groups in total. The first-order valence-corrected chi connectivity index (χ1v) is 11.7. The van der Waals surface area contributed by atoms with Crippen LogP contribution >= 0.6 is 40.0 Å². The van der Waals surface area contributed by atoms with Crippen molar-refractivity contribution in [1.29, 1.82) is 0 Å². The van der Waals surface area contributed by atoms with Gasteiger partial charge in [0.2, 0.25) is 0 Å². The predicted octanol–water partition coefficient (Wildman–Crippen LogP) is 7.31. The van der Waals surface area contributed by atoms with E-state index in [1.54, 1.807) is 0 Å². The summed E-state index contributed by atoms with van der Waals surface area (Å²) in [5, 5.41) is 2.37. The van der Waals surface area contributed by atoms with Gasteiger partial charge in [0, 0.05) is 25.1 Å². The molecule has 0 unspecified atom stereocenters. The van der Waals surface area contributed by atoms with Crippen LogP contribution < -0.4 is 15.1 Å². The van der Waals surface area contributed by atoms with Gasteiger partial charge in [-0.3, -0.25) is 0 Å². The molecule has 28 heavy (non-hydrogen) atoms. The second-order valence-corrected chi connectivity index (χ2v) is 9.84. The predicted molar refractivity (Wildman–Crippen MR) is 127 cm³/mol. The Hall–Kier alpha value is -1.93. The molecule has 1 nitrogen and oxygen atoms in total. The molecule has 0 aromatic heterocycles. The molecule has 0 saturated heterocycles. The van der Waals surface area contributed by atoms with Gasteiger partial charge in [0.05, 0.1) is 0 Å². The Balaban J connectivity index is 1.79. The smallest absolute Gasteiger partial charge is 0.150 e. The number of halogens is 2. The van der Waals surface area contributed by atoms with Gasteiger partial charge < -0.3 is 4.52 Å². The van der Waals surface area contributed by atoms with Gasteiger partial charge in [-0.1, -0.05) is 105 Å². The highest BCUT2D eigenvalue weighted by Gasteiger charge is 2.19. The van der Waals surface area contributed by atoms with Crippen LogP contribution in [0.25, 0.3) is 11.1 Å².